The highest BCUT2D eigenvalue weighted by atomic mass is 32.1. The summed E-state index contributed by atoms with van der Waals surface area (Å²) in [7, 11) is 0. The molecule has 0 atom stereocenters. The molecule has 29 heavy (non-hydrogen) atoms. The monoisotopic (exact) mass is 413 g/mol. The van der Waals surface area contributed by atoms with Gasteiger partial charge in [0.05, 0.1) is 23.1 Å². The number of hydrogen-bond donors (Lipinski definition) is 1. The third-order valence-corrected chi connectivity index (χ3v) is 6.90. The fourth-order valence-corrected chi connectivity index (χ4v) is 5.21. The molecule has 2 aliphatic heterocycles. The van der Waals surface area contributed by atoms with Crippen molar-refractivity contribution < 1.29 is 9.53 Å². The van der Waals surface area contributed by atoms with E-state index in [2.05, 4.69) is 45.4 Å². The Hall–Kier alpha value is -1.89. The fourth-order valence-electron chi connectivity index (χ4n) is 4.07. The Kier molecular flexibility index (Phi) is 7.19. The van der Waals surface area contributed by atoms with Crippen molar-refractivity contribution in [2.24, 2.45) is 0 Å². The van der Waals surface area contributed by atoms with E-state index in [1.54, 1.807) is 11.3 Å². The summed E-state index contributed by atoms with van der Waals surface area (Å²) in [6, 6.07) is 12.5. The molecule has 5 nitrogen and oxygen atoms in total. The number of thiophene rings is 1. The van der Waals surface area contributed by atoms with Crippen molar-refractivity contribution in [3.63, 3.8) is 0 Å². The van der Waals surface area contributed by atoms with Crippen LogP contribution in [-0.2, 0) is 4.74 Å². The summed E-state index contributed by atoms with van der Waals surface area (Å²) in [5.74, 6) is 0.0532. The van der Waals surface area contributed by atoms with E-state index < -0.39 is 0 Å². The molecular weight excluding hydrogens is 382 g/mol. The molecule has 0 saturated carbocycles. The highest BCUT2D eigenvalue weighted by molar-refractivity contribution is 7.18. The zero-order valence-corrected chi connectivity index (χ0v) is 17.9. The quantitative estimate of drug-likeness (QED) is 0.700. The molecule has 4 rings (SSSR count). The van der Waals surface area contributed by atoms with Crippen LogP contribution in [0.5, 0.6) is 0 Å². The standard InChI is InChI=1S/C23H31N3O2S/c27-22(24-10-7-11-25-14-16-28-17-15-25)21-18-20(19-8-3-1-4-9-19)23(29-21)26-12-5-2-6-13-26/h1,3-4,8-9,18H,2,5-7,10-17H2,(H,24,27). The number of carbonyl (C=O) groups is 1. The van der Waals surface area contributed by atoms with Crippen molar-refractivity contribution in [2.75, 3.05) is 57.4 Å². The van der Waals surface area contributed by atoms with Crippen molar-refractivity contribution in [1.82, 2.24) is 10.2 Å². The molecular formula is C23H31N3O2S. The minimum atomic E-state index is 0.0532. The van der Waals surface area contributed by atoms with Crippen LogP contribution < -0.4 is 10.2 Å². The molecule has 1 amide bonds. The SMILES string of the molecule is O=C(NCCCN1CCOCC1)c1cc(-c2ccccc2)c(N2CCCCC2)s1. The minimum absolute atomic E-state index is 0.0532. The maximum absolute atomic E-state index is 12.8. The second-order valence-electron chi connectivity index (χ2n) is 7.81. The van der Waals surface area contributed by atoms with Gasteiger partial charge in [0.2, 0.25) is 0 Å². The predicted molar refractivity (Wildman–Crippen MR) is 120 cm³/mol. The van der Waals surface area contributed by atoms with Gasteiger partial charge < -0.3 is 15.0 Å². The lowest BCUT2D eigenvalue weighted by Gasteiger charge is -2.28. The fraction of sp³-hybridized carbons (Fsp3) is 0.522. The van der Waals surface area contributed by atoms with Crippen molar-refractivity contribution in [1.29, 1.82) is 0 Å². The van der Waals surface area contributed by atoms with E-state index in [-0.39, 0.29) is 5.91 Å². The summed E-state index contributed by atoms with van der Waals surface area (Å²) < 4.78 is 5.39. The number of ether oxygens (including phenoxy) is 1. The number of amides is 1. The summed E-state index contributed by atoms with van der Waals surface area (Å²) in [5.41, 5.74) is 2.38. The maximum Gasteiger partial charge on any atom is 0.261 e. The first-order chi connectivity index (χ1) is 14.3. The van der Waals surface area contributed by atoms with Crippen LogP contribution in [0.3, 0.4) is 0 Å². The number of rotatable bonds is 7. The molecule has 0 spiro atoms. The lowest BCUT2D eigenvalue weighted by atomic mass is 10.1. The zero-order chi connectivity index (χ0) is 19.9. The summed E-state index contributed by atoms with van der Waals surface area (Å²) in [5, 5.41) is 4.37. The molecule has 1 aromatic carbocycles. The van der Waals surface area contributed by atoms with Gasteiger partial charge in [0.15, 0.2) is 0 Å². The molecule has 0 aliphatic carbocycles. The number of benzene rings is 1. The van der Waals surface area contributed by atoms with Crippen LogP contribution >= 0.6 is 11.3 Å². The van der Waals surface area contributed by atoms with Crippen LogP contribution in [0.25, 0.3) is 11.1 Å². The van der Waals surface area contributed by atoms with Crippen LogP contribution in [0.4, 0.5) is 5.00 Å². The lowest BCUT2D eigenvalue weighted by Crippen LogP contribution is -2.38. The first-order valence-electron chi connectivity index (χ1n) is 10.8. The lowest BCUT2D eigenvalue weighted by molar-refractivity contribution is 0.0374. The summed E-state index contributed by atoms with van der Waals surface area (Å²) >= 11 is 1.64. The molecule has 6 heteroatoms. The van der Waals surface area contributed by atoms with E-state index in [0.29, 0.717) is 6.54 Å². The van der Waals surface area contributed by atoms with Gasteiger partial charge in [0.1, 0.15) is 0 Å². The molecule has 0 unspecified atom stereocenters. The van der Waals surface area contributed by atoms with Gasteiger partial charge in [0, 0.05) is 38.3 Å². The third-order valence-electron chi connectivity index (χ3n) is 5.70. The number of carbonyl (C=O) groups excluding carboxylic acids is 1. The largest absolute Gasteiger partial charge is 0.379 e. The predicted octanol–water partition coefficient (Wildman–Crippen LogP) is 3.86. The Morgan fingerprint density at radius 1 is 1.03 bits per heavy atom. The van der Waals surface area contributed by atoms with E-state index in [0.717, 1.165) is 57.2 Å². The molecule has 0 bridgehead atoms. The third kappa shape index (κ3) is 5.38. The van der Waals surface area contributed by atoms with Gasteiger partial charge in [0.25, 0.3) is 5.91 Å². The average molecular weight is 414 g/mol. The maximum atomic E-state index is 12.8. The first kappa shape index (κ1) is 20.4. The highest BCUT2D eigenvalue weighted by Gasteiger charge is 2.21. The molecule has 2 saturated heterocycles. The van der Waals surface area contributed by atoms with Crippen molar-refractivity contribution >= 4 is 22.2 Å². The Morgan fingerprint density at radius 3 is 2.55 bits per heavy atom. The number of hydrogen-bond acceptors (Lipinski definition) is 5. The zero-order valence-electron chi connectivity index (χ0n) is 17.1. The van der Waals surface area contributed by atoms with Gasteiger partial charge in [-0.05, 0) is 43.9 Å². The van der Waals surface area contributed by atoms with Gasteiger partial charge >= 0.3 is 0 Å². The molecule has 156 valence electrons. The van der Waals surface area contributed by atoms with E-state index in [1.165, 1.54) is 35.4 Å². The highest BCUT2D eigenvalue weighted by Crippen LogP contribution is 2.40. The van der Waals surface area contributed by atoms with Gasteiger partial charge in [-0.2, -0.15) is 0 Å². The van der Waals surface area contributed by atoms with Crippen molar-refractivity contribution in [2.45, 2.75) is 25.7 Å². The Bertz CT molecular complexity index is 781. The summed E-state index contributed by atoms with van der Waals surface area (Å²) in [6.07, 6.45) is 4.74. The van der Waals surface area contributed by atoms with Gasteiger partial charge in [-0.3, -0.25) is 9.69 Å². The minimum Gasteiger partial charge on any atom is -0.379 e. The number of anilines is 1. The molecule has 1 aromatic heterocycles. The molecule has 2 aromatic rings. The van der Waals surface area contributed by atoms with Crippen LogP contribution in [0.15, 0.2) is 36.4 Å². The van der Waals surface area contributed by atoms with Crippen molar-refractivity contribution in [3.05, 3.63) is 41.3 Å². The Morgan fingerprint density at radius 2 is 1.79 bits per heavy atom. The van der Waals surface area contributed by atoms with Crippen molar-refractivity contribution in [3.8, 4) is 11.1 Å². The van der Waals surface area contributed by atoms with Gasteiger partial charge in [-0.15, -0.1) is 11.3 Å². The Balaban J connectivity index is 1.41. The first-order valence-corrected chi connectivity index (χ1v) is 11.7. The normalized spacial score (nSPS) is 18.0. The van der Waals surface area contributed by atoms with Crippen LogP contribution in [-0.4, -0.2) is 63.3 Å². The van der Waals surface area contributed by atoms with Crippen LogP contribution in [0, 0.1) is 0 Å². The smallest absolute Gasteiger partial charge is 0.261 e. The number of morpholine rings is 1. The van der Waals surface area contributed by atoms with Gasteiger partial charge in [-0.1, -0.05) is 30.3 Å². The molecule has 1 N–H and O–H groups in total. The molecule has 2 aliphatic rings. The molecule has 2 fully saturated rings. The number of nitrogens with zero attached hydrogens (tertiary/aromatic N) is 2. The Labute approximate surface area is 177 Å². The van der Waals surface area contributed by atoms with E-state index in [4.69, 9.17) is 4.74 Å². The second kappa shape index (κ2) is 10.2. The topological polar surface area (TPSA) is 44.8 Å². The number of piperidine rings is 1. The molecule has 0 radical (unpaired) electrons. The van der Waals surface area contributed by atoms with E-state index in [1.807, 2.05) is 6.07 Å². The van der Waals surface area contributed by atoms with Gasteiger partial charge in [-0.25, -0.2) is 0 Å². The summed E-state index contributed by atoms with van der Waals surface area (Å²) in [6.45, 7) is 7.54. The van der Waals surface area contributed by atoms with Crippen LogP contribution in [0.2, 0.25) is 0 Å². The van der Waals surface area contributed by atoms with E-state index in [9.17, 15) is 4.79 Å². The number of nitrogens with one attached hydrogen (secondary N) is 1. The second-order valence-corrected chi connectivity index (χ2v) is 8.84. The van der Waals surface area contributed by atoms with E-state index >= 15 is 0 Å². The average Bonchev–Trinajstić information content (AvgIpc) is 3.24. The van der Waals surface area contributed by atoms with Crippen LogP contribution in [0.1, 0.15) is 35.4 Å². The molecule has 3 heterocycles. The summed E-state index contributed by atoms with van der Waals surface area (Å²) in [4.78, 5) is 18.5.